The number of hydrogen-bond acceptors (Lipinski definition) is 6. The maximum atomic E-state index is 13.0. The Morgan fingerprint density at radius 2 is 1.73 bits per heavy atom. The average Bonchev–Trinajstić information content (AvgIpc) is 2.74. The van der Waals surface area contributed by atoms with E-state index in [1.165, 1.54) is 36.4 Å². The fraction of sp³-hybridized carbons (Fsp3) is 0. The second kappa shape index (κ2) is 7.41. The van der Waals surface area contributed by atoms with Gasteiger partial charge < -0.3 is 9.90 Å². The number of fused-ring (bicyclic) bond motifs is 1. The van der Waals surface area contributed by atoms with Crippen molar-refractivity contribution >= 4 is 34.0 Å². The summed E-state index contributed by atoms with van der Waals surface area (Å²) in [6.45, 7) is 0. The fourth-order valence-corrected chi connectivity index (χ4v) is 3.33. The van der Waals surface area contributed by atoms with Crippen molar-refractivity contribution in [3.8, 4) is 16.9 Å². The molecule has 0 saturated carbocycles. The zero-order valence-electron chi connectivity index (χ0n) is 15.1. The van der Waals surface area contributed by atoms with Crippen molar-refractivity contribution in [1.29, 1.82) is 0 Å². The normalized spacial score (nSPS) is 10.8. The Labute approximate surface area is 173 Å². The molecule has 0 aliphatic carbocycles. The highest BCUT2D eigenvalue weighted by Crippen LogP contribution is 2.32. The first-order valence-corrected chi connectivity index (χ1v) is 9.03. The van der Waals surface area contributed by atoms with E-state index in [-0.39, 0.29) is 22.0 Å². The molecule has 0 amide bonds. The largest absolute Gasteiger partial charge is 0.545 e. The molecule has 8 nitrogen and oxygen atoms in total. The predicted octanol–water partition coefficient (Wildman–Crippen LogP) is 2.98. The quantitative estimate of drug-likeness (QED) is 0.370. The lowest BCUT2D eigenvalue weighted by Crippen LogP contribution is -2.24. The van der Waals surface area contributed by atoms with Crippen LogP contribution in [-0.2, 0) is 0 Å². The lowest BCUT2D eigenvalue weighted by atomic mass is 10.0. The van der Waals surface area contributed by atoms with Crippen LogP contribution in [0.2, 0.25) is 5.02 Å². The molecule has 30 heavy (non-hydrogen) atoms. The first-order valence-electron chi connectivity index (χ1n) is 8.65. The summed E-state index contributed by atoms with van der Waals surface area (Å²) in [4.78, 5) is 34.9. The monoisotopic (exact) mass is 420 g/mol. The summed E-state index contributed by atoms with van der Waals surface area (Å²) in [5.74, 6) is -1.39. The predicted molar refractivity (Wildman–Crippen MR) is 109 cm³/mol. The van der Waals surface area contributed by atoms with E-state index in [4.69, 9.17) is 11.6 Å². The Hall–Kier alpha value is -4.04. The molecule has 1 aromatic heterocycles. The minimum atomic E-state index is -1.39. The van der Waals surface area contributed by atoms with Crippen molar-refractivity contribution in [2.75, 3.05) is 0 Å². The minimum absolute atomic E-state index is 0.0250. The van der Waals surface area contributed by atoms with E-state index in [0.717, 1.165) is 4.68 Å². The van der Waals surface area contributed by atoms with Crippen LogP contribution in [0.25, 0.3) is 27.7 Å². The van der Waals surface area contributed by atoms with E-state index in [9.17, 15) is 24.8 Å². The third-order valence-corrected chi connectivity index (χ3v) is 4.87. The van der Waals surface area contributed by atoms with Gasteiger partial charge in [-0.15, -0.1) is 0 Å². The number of halogens is 1. The van der Waals surface area contributed by atoms with Crippen LogP contribution in [0, 0.1) is 10.1 Å². The molecule has 0 fully saturated rings. The van der Waals surface area contributed by atoms with Crippen molar-refractivity contribution in [1.82, 2.24) is 9.78 Å². The van der Waals surface area contributed by atoms with Gasteiger partial charge in [-0.25, -0.2) is 0 Å². The van der Waals surface area contributed by atoms with Crippen LogP contribution in [0.1, 0.15) is 10.4 Å². The molecule has 0 N–H and O–H groups in total. The van der Waals surface area contributed by atoms with Crippen LogP contribution < -0.4 is 10.7 Å². The van der Waals surface area contributed by atoms with Crippen molar-refractivity contribution in [2.45, 2.75) is 0 Å². The third-order valence-electron chi connectivity index (χ3n) is 4.55. The summed E-state index contributed by atoms with van der Waals surface area (Å²) in [6.07, 6.45) is 0. The van der Waals surface area contributed by atoms with Gasteiger partial charge in [-0.2, -0.15) is 9.78 Å². The fourth-order valence-electron chi connectivity index (χ4n) is 3.14. The summed E-state index contributed by atoms with van der Waals surface area (Å²) in [5.41, 5.74) is 0.0381. The molecule has 9 heteroatoms. The van der Waals surface area contributed by atoms with Crippen LogP contribution >= 0.6 is 11.6 Å². The highest BCUT2D eigenvalue weighted by atomic mass is 35.5. The zero-order chi connectivity index (χ0) is 21.4. The number of hydrogen-bond donors (Lipinski definition) is 0. The minimum Gasteiger partial charge on any atom is -0.545 e. The van der Waals surface area contributed by atoms with Crippen molar-refractivity contribution in [3.63, 3.8) is 0 Å². The van der Waals surface area contributed by atoms with Crippen LogP contribution in [0.5, 0.6) is 0 Å². The molecule has 0 aliphatic rings. The van der Waals surface area contributed by atoms with Gasteiger partial charge in [-0.3, -0.25) is 14.9 Å². The average molecular weight is 421 g/mol. The van der Waals surface area contributed by atoms with Crippen LogP contribution in [-0.4, -0.2) is 20.7 Å². The van der Waals surface area contributed by atoms with Gasteiger partial charge in [0.25, 0.3) is 11.2 Å². The van der Waals surface area contributed by atoms with Crippen molar-refractivity contribution in [2.24, 2.45) is 0 Å². The number of carboxylic acids is 1. The number of benzene rings is 3. The van der Waals surface area contributed by atoms with Gasteiger partial charge in [0.15, 0.2) is 0 Å². The molecule has 4 aromatic rings. The van der Waals surface area contributed by atoms with Gasteiger partial charge in [-0.1, -0.05) is 48.0 Å². The summed E-state index contributed by atoms with van der Waals surface area (Å²) >= 11 is 5.92. The number of nitrogens with zero attached hydrogens (tertiary/aromatic N) is 3. The van der Waals surface area contributed by atoms with Gasteiger partial charge >= 0.3 is 0 Å². The summed E-state index contributed by atoms with van der Waals surface area (Å²) in [7, 11) is 0. The smallest absolute Gasteiger partial charge is 0.288 e. The summed E-state index contributed by atoms with van der Waals surface area (Å²) < 4.78 is 1.06. The topological polar surface area (TPSA) is 118 Å². The molecule has 0 radical (unpaired) electrons. The SMILES string of the molecule is O=C([O-])c1cccc(-n2nc(-c3ccc(Cl)c([N+](=O)[O-])c3)c3ccccc3c2=O)c1. The molecule has 0 unspecified atom stereocenters. The van der Waals surface area contributed by atoms with Crippen molar-refractivity contribution < 1.29 is 14.8 Å². The number of aromatic carboxylic acids is 1. The lowest BCUT2D eigenvalue weighted by Gasteiger charge is -2.12. The molecule has 0 spiro atoms. The van der Waals surface area contributed by atoms with Crippen LogP contribution in [0.3, 0.4) is 0 Å². The van der Waals surface area contributed by atoms with Crippen molar-refractivity contribution in [3.05, 3.63) is 97.8 Å². The molecule has 1 heterocycles. The Morgan fingerprint density at radius 3 is 2.43 bits per heavy atom. The van der Waals surface area contributed by atoms with E-state index in [2.05, 4.69) is 5.10 Å². The van der Waals surface area contributed by atoms with E-state index >= 15 is 0 Å². The lowest BCUT2D eigenvalue weighted by molar-refractivity contribution is -0.384. The van der Waals surface area contributed by atoms with Gasteiger partial charge in [0.1, 0.15) is 5.02 Å². The first kappa shape index (κ1) is 19.3. The number of rotatable bonds is 4. The van der Waals surface area contributed by atoms with E-state index in [1.54, 1.807) is 30.3 Å². The molecule has 0 aliphatic heterocycles. The molecule has 0 bridgehead atoms. The molecule has 0 atom stereocenters. The zero-order valence-corrected chi connectivity index (χ0v) is 15.9. The van der Waals surface area contributed by atoms with Gasteiger partial charge in [0.2, 0.25) is 0 Å². The molecule has 3 aromatic carbocycles. The number of carbonyl (C=O) groups is 1. The Balaban J connectivity index is 2.05. The van der Waals surface area contributed by atoms with Crippen LogP contribution in [0.15, 0.2) is 71.5 Å². The highest BCUT2D eigenvalue weighted by Gasteiger charge is 2.18. The summed E-state index contributed by atoms with van der Waals surface area (Å²) in [6, 6.07) is 16.5. The third kappa shape index (κ3) is 3.29. The number of carbonyl (C=O) groups excluding carboxylic acids is 1. The molecule has 148 valence electrons. The van der Waals surface area contributed by atoms with Gasteiger partial charge in [0.05, 0.1) is 27.7 Å². The molecule has 0 saturated heterocycles. The highest BCUT2D eigenvalue weighted by molar-refractivity contribution is 6.32. The standard InChI is InChI=1S/C21H12ClN3O5/c22-17-9-8-12(11-18(17)25(29)30)19-15-6-1-2-7-16(15)20(26)24(23-19)14-5-3-4-13(10-14)21(27)28/h1-11H,(H,27,28)/p-1. The Morgan fingerprint density at radius 1 is 1.00 bits per heavy atom. The Bertz CT molecular complexity index is 1400. The van der Waals surface area contributed by atoms with E-state index in [0.29, 0.717) is 22.0 Å². The first-order chi connectivity index (χ1) is 14.4. The second-order valence-corrected chi connectivity index (χ2v) is 6.78. The van der Waals surface area contributed by atoms with Gasteiger partial charge in [-0.05, 0) is 29.8 Å². The molecular weight excluding hydrogens is 410 g/mol. The number of carboxylic acid groups (broad SMARTS) is 1. The second-order valence-electron chi connectivity index (χ2n) is 6.37. The number of nitro groups is 1. The maximum Gasteiger partial charge on any atom is 0.288 e. The molecular formula is C21H11ClN3O5-. The van der Waals surface area contributed by atoms with E-state index < -0.39 is 16.5 Å². The molecule has 4 rings (SSSR count). The van der Waals surface area contributed by atoms with E-state index in [1.807, 2.05) is 0 Å². The Kier molecular flexibility index (Phi) is 4.77. The number of nitro benzene ring substituents is 1. The number of aromatic nitrogens is 2. The maximum absolute atomic E-state index is 13.0. The van der Waals surface area contributed by atoms with Crippen LogP contribution in [0.4, 0.5) is 5.69 Å². The summed E-state index contributed by atoms with van der Waals surface area (Å²) in [5, 5.41) is 27.7. The van der Waals surface area contributed by atoms with Gasteiger partial charge in [0, 0.05) is 17.0 Å².